The summed E-state index contributed by atoms with van der Waals surface area (Å²) in [7, 11) is 0. The van der Waals surface area contributed by atoms with Crippen molar-refractivity contribution >= 4 is 34.4 Å². The summed E-state index contributed by atoms with van der Waals surface area (Å²) in [6.45, 7) is 32.5. The second-order valence-electron chi connectivity index (χ2n) is 15.4. The molecule has 288 valence electrons. The van der Waals surface area contributed by atoms with Crippen molar-refractivity contribution in [3.63, 3.8) is 0 Å². The fourth-order valence-corrected chi connectivity index (χ4v) is 7.66. The molecule has 0 unspecified atom stereocenters. The molecule has 5 aromatic rings. The van der Waals surface area contributed by atoms with Gasteiger partial charge >= 0.3 is 23.1 Å². The van der Waals surface area contributed by atoms with Crippen molar-refractivity contribution in [2.45, 2.75) is 115 Å². The summed E-state index contributed by atoms with van der Waals surface area (Å²) in [4.78, 5) is 0. The van der Waals surface area contributed by atoms with Crippen molar-refractivity contribution in [2.24, 2.45) is 5.22 Å². The molecular weight excluding hydrogens is 798 g/mol. The van der Waals surface area contributed by atoms with Gasteiger partial charge in [0.05, 0.1) is 5.69 Å². The van der Waals surface area contributed by atoms with Crippen LogP contribution in [-0.2, 0) is 4.74 Å². The molecule has 0 amide bonds. The largest absolute Gasteiger partial charge is 2.00 e. The average Bonchev–Trinajstić information content (AvgIpc) is 3.08. The zero-order chi connectivity index (χ0) is 39.0. The van der Waals surface area contributed by atoms with Gasteiger partial charge in [-0.25, -0.2) is 0 Å². The van der Waals surface area contributed by atoms with Crippen molar-refractivity contribution in [1.82, 2.24) is 0 Å². The van der Waals surface area contributed by atoms with E-state index in [4.69, 9.17) is 15.4 Å². The fourth-order valence-electron chi connectivity index (χ4n) is 7.66. The minimum Gasteiger partial charge on any atom is -1.00 e. The van der Waals surface area contributed by atoms with E-state index in [-0.39, 0.29) is 47.0 Å². The van der Waals surface area contributed by atoms with E-state index in [0.29, 0.717) is 17.8 Å². The third-order valence-electron chi connectivity index (χ3n) is 9.99. The van der Waals surface area contributed by atoms with Crippen molar-refractivity contribution < 1.29 is 33.8 Å². The minimum atomic E-state index is 0. The second kappa shape index (κ2) is 22.0. The number of hydrogen-bond acceptors (Lipinski definition) is 2. The first kappa shape index (κ1) is 48.1. The Balaban J connectivity index is 0.00000140. The average molecular weight is 861 g/mol. The number of aryl methyl sites for hydroxylation is 6. The summed E-state index contributed by atoms with van der Waals surface area (Å²) in [5.41, 5.74) is 25.6. The predicted octanol–water partition coefficient (Wildman–Crippen LogP) is 10.4. The van der Waals surface area contributed by atoms with Crippen molar-refractivity contribution in [2.75, 3.05) is 13.2 Å². The molecule has 5 rings (SSSR count). The van der Waals surface area contributed by atoms with Gasteiger partial charge in [-0.2, -0.15) is 0 Å². The van der Waals surface area contributed by atoms with Gasteiger partial charge in [-0.3, -0.25) is 5.11 Å². The molecule has 0 aromatic heterocycles. The zero-order valence-electron chi connectivity index (χ0n) is 36.0. The Morgan fingerprint density at radius 2 is 0.982 bits per heavy atom. The van der Waals surface area contributed by atoms with Gasteiger partial charge in [0.1, 0.15) is 5.69 Å². The molecule has 0 saturated heterocycles. The summed E-state index contributed by atoms with van der Waals surface area (Å²) in [6, 6.07) is 28.9. The molecule has 0 fully saturated rings. The molecule has 0 heterocycles. The number of ether oxygens (including phenoxy) is 1. The van der Waals surface area contributed by atoms with E-state index in [1.165, 1.54) is 66.8 Å². The molecule has 0 atom stereocenters. The third kappa shape index (κ3) is 11.7. The molecule has 0 aliphatic carbocycles. The molecule has 0 saturated carbocycles. The molecule has 5 aromatic carbocycles. The molecule has 0 radical (unpaired) electrons. The van der Waals surface area contributed by atoms with Crippen molar-refractivity contribution in [3.8, 4) is 33.4 Å². The normalized spacial score (nSPS) is 11.1. The molecule has 0 spiro atoms. The topological polar surface area (TPSA) is 49.7 Å². The van der Waals surface area contributed by atoms with E-state index in [2.05, 4.69) is 167 Å². The van der Waals surface area contributed by atoms with Crippen molar-refractivity contribution in [3.05, 3.63) is 134 Å². The van der Waals surface area contributed by atoms with E-state index in [1.54, 1.807) is 0 Å². The molecule has 4 nitrogen and oxygen atoms in total. The van der Waals surface area contributed by atoms with Gasteiger partial charge in [-0.1, -0.05) is 131 Å². The first-order valence-corrected chi connectivity index (χ1v) is 19.5. The Morgan fingerprint density at radius 1 is 0.564 bits per heavy atom. The van der Waals surface area contributed by atoms with Crippen LogP contribution in [0.25, 0.3) is 38.8 Å². The zero-order valence-corrected chi connectivity index (χ0v) is 39.6. The number of hydrogen-bond donors (Lipinski definition) is 1. The van der Waals surface area contributed by atoms with Gasteiger partial charge in [-0.15, -0.1) is 5.43 Å². The van der Waals surface area contributed by atoms with E-state index >= 15 is 0 Å². The third-order valence-corrected chi connectivity index (χ3v) is 9.99. The minimum absolute atomic E-state index is 0. The number of halogens is 1. The van der Waals surface area contributed by atoms with Crippen LogP contribution in [0, 0.1) is 41.5 Å². The maximum absolute atomic E-state index is 5.06. The SMILES string of the molecule is CCOCC.Cc1cc(C)c(-c2cccc(-c3c(C)cc(C)cc3C)c2[N-]N=[NH+]c2ccccc2-c2c(C(C)C)cc(C(C)C)cc2C(C)C)c(C)c1.[I-].[Mg+2]. The Labute approximate surface area is 366 Å². The summed E-state index contributed by atoms with van der Waals surface area (Å²) in [5.74, 6) is 1.22. The van der Waals surface area contributed by atoms with Crippen molar-refractivity contribution in [1.29, 1.82) is 0 Å². The van der Waals surface area contributed by atoms with Crippen LogP contribution in [0.4, 0.5) is 11.4 Å². The van der Waals surface area contributed by atoms with Gasteiger partial charge in [-0.05, 0) is 135 Å². The Hall–Kier alpha value is -3.04. The van der Waals surface area contributed by atoms with E-state index in [0.717, 1.165) is 41.3 Å². The summed E-state index contributed by atoms with van der Waals surface area (Å²) < 4.78 is 4.83. The van der Waals surface area contributed by atoms with E-state index in [9.17, 15) is 0 Å². The smallest absolute Gasteiger partial charge is 1.00 e. The predicted molar refractivity (Wildman–Crippen MR) is 234 cm³/mol. The van der Waals surface area contributed by atoms with Crippen LogP contribution in [0.15, 0.2) is 84.1 Å². The van der Waals surface area contributed by atoms with Gasteiger partial charge in [0.15, 0.2) is 0 Å². The summed E-state index contributed by atoms with van der Waals surface area (Å²) in [6.07, 6.45) is 0. The van der Waals surface area contributed by atoms with Gasteiger partial charge in [0.25, 0.3) is 0 Å². The van der Waals surface area contributed by atoms with Crippen LogP contribution >= 0.6 is 0 Å². The van der Waals surface area contributed by atoms with Crippen LogP contribution in [-0.4, -0.2) is 36.3 Å². The van der Waals surface area contributed by atoms with Crippen LogP contribution in [0.3, 0.4) is 0 Å². The van der Waals surface area contributed by atoms with E-state index in [1.807, 2.05) is 13.8 Å². The van der Waals surface area contributed by atoms with E-state index < -0.39 is 0 Å². The Morgan fingerprint density at radius 3 is 1.36 bits per heavy atom. The Kier molecular flexibility index (Phi) is 19.3. The molecule has 0 aliphatic heterocycles. The maximum atomic E-state index is 5.06. The van der Waals surface area contributed by atoms with Gasteiger partial charge in [0.2, 0.25) is 0 Å². The quantitative estimate of drug-likeness (QED) is 0.0612. The van der Waals surface area contributed by atoms with Crippen LogP contribution in [0.1, 0.15) is 123 Å². The van der Waals surface area contributed by atoms with Crippen LogP contribution in [0.5, 0.6) is 0 Å². The number of benzene rings is 5. The number of rotatable bonds is 11. The Bertz CT molecular complexity index is 1910. The van der Waals surface area contributed by atoms with Crippen LogP contribution in [0.2, 0.25) is 0 Å². The molecule has 55 heavy (non-hydrogen) atoms. The van der Waals surface area contributed by atoms with Gasteiger partial charge < -0.3 is 28.7 Å². The molecule has 1 N–H and O–H groups in total. The fraction of sp³-hybridized carbons (Fsp3) is 0.388. The number of nitrogens with one attached hydrogen (secondary N) is 1. The molecule has 6 heteroatoms. The second-order valence-corrected chi connectivity index (χ2v) is 15.4. The molecular formula is C49H63IMgN3O+. The van der Waals surface area contributed by atoms with Gasteiger partial charge in [0, 0.05) is 29.9 Å². The number of para-hydroxylation sites is 1. The van der Waals surface area contributed by atoms with Crippen LogP contribution < -0.4 is 29.1 Å². The molecule has 0 bridgehead atoms. The number of nitrogens with zero attached hydrogens (tertiary/aromatic N) is 2. The monoisotopic (exact) mass is 860 g/mol. The first-order chi connectivity index (χ1) is 25.2. The maximum Gasteiger partial charge on any atom is 2.00 e. The summed E-state index contributed by atoms with van der Waals surface area (Å²) in [5, 5.41) is 8.22. The standard InChI is InChI=1S/C45H52N3.C4H10O.HI.Mg/c1-26(2)35-24-39(27(3)4)44(40(25-35)28(5)6)36-16-13-14-19-41(36)46-48-47-45-37(42-31(9)20-29(7)21-32(42)10)17-15-18-38(45)43-33(11)22-30(8)23-34(43)12;1-3-5-4-2;;/h13-28H,1-12H3;3-4H2,1-2H3;1H;/q-1;;;+2. The summed E-state index contributed by atoms with van der Waals surface area (Å²) >= 11 is 0. The molecule has 0 aliphatic rings. The first-order valence-electron chi connectivity index (χ1n) is 19.5.